The van der Waals surface area contributed by atoms with E-state index in [1.54, 1.807) is 6.07 Å². The van der Waals surface area contributed by atoms with Crippen LogP contribution in [0.1, 0.15) is 25.3 Å². The molecule has 0 aromatic heterocycles. The molecule has 1 aliphatic rings. The minimum absolute atomic E-state index is 0.0359. The SMILES string of the molecule is CCNC1CCCN(CCc2cccc(F)c2)C1=O. The molecule has 1 aromatic carbocycles. The van der Waals surface area contributed by atoms with Gasteiger partial charge in [0.1, 0.15) is 5.82 Å². The van der Waals surface area contributed by atoms with Crippen molar-refractivity contribution in [2.24, 2.45) is 0 Å². The number of amides is 1. The zero-order chi connectivity index (χ0) is 13.7. The Hall–Kier alpha value is -1.42. The summed E-state index contributed by atoms with van der Waals surface area (Å²) in [6.07, 6.45) is 2.66. The van der Waals surface area contributed by atoms with Crippen LogP contribution in [0.15, 0.2) is 24.3 Å². The first-order valence-electron chi connectivity index (χ1n) is 6.97. The first-order valence-corrected chi connectivity index (χ1v) is 6.97. The highest BCUT2D eigenvalue weighted by Crippen LogP contribution is 2.13. The van der Waals surface area contributed by atoms with Gasteiger partial charge in [-0.25, -0.2) is 4.39 Å². The van der Waals surface area contributed by atoms with Gasteiger partial charge in [0.15, 0.2) is 0 Å². The van der Waals surface area contributed by atoms with Gasteiger partial charge < -0.3 is 10.2 Å². The maximum Gasteiger partial charge on any atom is 0.239 e. The van der Waals surface area contributed by atoms with Crippen molar-refractivity contribution in [2.75, 3.05) is 19.6 Å². The molecule has 1 saturated heterocycles. The number of nitrogens with one attached hydrogen (secondary N) is 1. The van der Waals surface area contributed by atoms with Crippen molar-refractivity contribution < 1.29 is 9.18 Å². The van der Waals surface area contributed by atoms with Gasteiger partial charge in [-0.05, 0) is 43.5 Å². The smallest absolute Gasteiger partial charge is 0.239 e. The molecule has 1 atom stereocenters. The molecular weight excluding hydrogens is 243 g/mol. The third-order valence-corrected chi connectivity index (χ3v) is 3.54. The number of carbonyl (C=O) groups is 1. The van der Waals surface area contributed by atoms with Crippen LogP contribution in [0, 0.1) is 5.82 Å². The summed E-state index contributed by atoms with van der Waals surface area (Å²) in [5.74, 6) is -0.0301. The number of hydrogen-bond donors (Lipinski definition) is 1. The zero-order valence-electron chi connectivity index (χ0n) is 11.4. The van der Waals surface area contributed by atoms with Crippen molar-refractivity contribution in [3.8, 4) is 0 Å². The molecule has 0 radical (unpaired) electrons. The van der Waals surface area contributed by atoms with Crippen LogP contribution in [-0.2, 0) is 11.2 Å². The van der Waals surface area contributed by atoms with Crippen LogP contribution in [0.4, 0.5) is 4.39 Å². The topological polar surface area (TPSA) is 32.3 Å². The Bertz CT molecular complexity index is 434. The highest BCUT2D eigenvalue weighted by atomic mass is 19.1. The highest BCUT2D eigenvalue weighted by Gasteiger charge is 2.27. The highest BCUT2D eigenvalue weighted by molar-refractivity contribution is 5.82. The Morgan fingerprint density at radius 1 is 1.47 bits per heavy atom. The average molecular weight is 264 g/mol. The summed E-state index contributed by atoms with van der Waals surface area (Å²) in [4.78, 5) is 14.1. The second-order valence-corrected chi connectivity index (χ2v) is 4.96. The number of nitrogens with zero attached hydrogens (tertiary/aromatic N) is 1. The summed E-state index contributed by atoms with van der Waals surface area (Å²) in [5, 5.41) is 3.22. The fourth-order valence-electron chi connectivity index (χ4n) is 2.55. The average Bonchev–Trinajstić information content (AvgIpc) is 2.40. The van der Waals surface area contributed by atoms with Gasteiger partial charge in [-0.1, -0.05) is 19.1 Å². The van der Waals surface area contributed by atoms with E-state index >= 15 is 0 Å². The molecule has 0 saturated carbocycles. The van der Waals surface area contributed by atoms with E-state index in [1.165, 1.54) is 12.1 Å². The monoisotopic (exact) mass is 264 g/mol. The Morgan fingerprint density at radius 2 is 2.32 bits per heavy atom. The first kappa shape index (κ1) is 14.0. The second kappa shape index (κ2) is 6.66. The molecule has 104 valence electrons. The van der Waals surface area contributed by atoms with E-state index in [1.807, 2.05) is 17.9 Å². The Morgan fingerprint density at radius 3 is 3.05 bits per heavy atom. The molecule has 4 heteroatoms. The van der Waals surface area contributed by atoms with E-state index in [0.29, 0.717) is 13.0 Å². The van der Waals surface area contributed by atoms with Crippen molar-refractivity contribution >= 4 is 5.91 Å². The largest absolute Gasteiger partial charge is 0.341 e. The minimum atomic E-state index is -0.215. The van der Waals surface area contributed by atoms with Gasteiger partial charge in [0.2, 0.25) is 5.91 Å². The van der Waals surface area contributed by atoms with Gasteiger partial charge in [-0.15, -0.1) is 0 Å². The lowest BCUT2D eigenvalue weighted by Crippen LogP contribution is -2.51. The van der Waals surface area contributed by atoms with Gasteiger partial charge in [-0.3, -0.25) is 4.79 Å². The second-order valence-electron chi connectivity index (χ2n) is 4.96. The van der Waals surface area contributed by atoms with Gasteiger partial charge in [-0.2, -0.15) is 0 Å². The van der Waals surface area contributed by atoms with Gasteiger partial charge in [0.05, 0.1) is 6.04 Å². The molecule has 0 aliphatic carbocycles. The normalized spacial score (nSPS) is 19.8. The predicted molar refractivity (Wildman–Crippen MR) is 73.4 cm³/mol. The first-order chi connectivity index (χ1) is 9.20. The predicted octanol–water partition coefficient (Wildman–Crippen LogP) is 1.97. The molecule has 0 spiro atoms. The summed E-state index contributed by atoms with van der Waals surface area (Å²) >= 11 is 0. The van der Waals surface area contributed by atoms with E-state index < -0.39 is 0 Å². The number of carbonyl (C=O) groups excluding carboxylic acids is 1. The molecular formula is C15H21FN2O. The molecule has 0 bridgehead atoms. The third kappa shape index (κ3) is 3.77. The number of benzene rings is 1. The van der Waals surface area contributed by atoms with E-state index in [4.69, 9.17) is 0 Å². The van der Waals surface area contributed by atoms with Gasteiger partial charge >= 0.3 is 0 Å². The molecule has 3 nitrogen and oxygen atoms in total. The number of rotatable bonds is 5. The van der Waals surface area contributed by atoms with Crippen molar-refractivity contribution in [1.29, 1.82) is 0 Å². The van der Waals surface area contributed by atoms with E-state index in [2.05, 4.69) is 5.32 Å². The Labute approximate surface area is 113 Å². The standard InChI is InChI=1S/C15H21FN2O/c1-2-17-14-7-4-9-18(15(14)19)10-8-12-5-3-6-13(16)11-12/h3,5-6,11,14,17H,2,4,7-10H2,1H3. The molecule has 1 aliphatic heterocycles. The fourth-order valence-corrected chi connectivity index (χ4v) is 2.55. The number of halogens is 1. The lowest BCUT2D eigenvalue weighted by molar-refractivity contribution is -0.135. The van der Waals surface area contributed by atoms with Gasteiger partial charge in [0, 0.05) is 13.1 Å². The van der Waals surface area contributed by atoms with Crippen LogP contribution in [0.5, 0.6) is 0 Å². The summed E-state index contributed by atoms with van der Waals surface area (Å²) in [6.45, 7) is 4.31. The van der Waals surface area contributed by atoms with E-state index in [-0.39, 0.29) is 17.8 Å². The number of likely N-dealkylation sites (tertiary alicyclic amines) is 1. The van der Waals surface area contributed by atoms with Gasteiger partial charge in [0.25, 0.3) is 0 Å². The van der Waals surface area contributed by atoms with Crippen LogP contribution < -0.4 is 5.32 Å². The van der Waals surface area contributed by atoms with Crippen LogP contribution in [0.3, 0.4) is 0 Å². The third-order valence-electron chi connectivity index (χ3n) is 3.54. The molecule has 1 N–H and O–H groups in total. The summed E-state index contributed by atoms with van der Waals surface area (Å²) < 4.78 is 13.1. The molecule has 1 unspecified atom stereocenters. The zero-order valence-corrected chi connectivity index (χ0v) is 11.4. The van der Waals surface area contributed by atoms with Crippen LogP contribution in [-0.4, -0.2) is 36.5 Å². The van der Waals surface area contributed by atoms with Crippen molar-refractivity contribution in [3.63, 3.8) is 0 Å². The minimum Gasteiger partial charge on any atom is -0.341 e. The Kier molecular flexibility index (Phi) is 4.91. The summed E-state index contributed by atoms with van der Waals surface area (Å²) in [6, 6.07) is 6.56. The maximum atomic E-state index is 13.1. The molecule has 1 aromatic rings. The van der Waals surface area contributed by atoms with Crippen molar-refractivity contribution in [1.82, 2.24) is 10.2 Å². The van der Waals surface area contributed by atoms with Crippen LogP contribution in [0.2, 0.25) is 0 Å². The molecule has 19 heavy (non-hydrogen) atoms. The Balaban J connectivity index is 1.90. The number of piperidine rings is 1. The molecule has 2 rings (SSSR count). The van der Waals surface area contributed by atoms with Crippen LogP contribution >= 0.6 is 0 Å². The molecule has 1 heterocycles. The lowest BCUT2D eigenvalue weighted by Gasteiger charge is -2.32. The fraction of sp³-hybridized carbons (Fsp3) is 0.533. The number of hydrogen-bond acceptors (Lipinski definition) is 2. The molecule has 1 amide bonds. The van der Waals surface area contributed by atoms with Crippen LogP contribution in [0.25, 0.3) is 0 Å². The summed E-state index contributed by atoms with van der Waals surface area (Å²) in [7, 11) is 0. The number of likely N-dealkylation sites (N-methyl/N-ethyl adjacent to an activating group) is 1. The van der Waals surface area contributed by atoms with Crippen molar-refractivity contribution in [2.45, 2.75) is 32.2 Å². The quantitative estimate of drug-likeness (QED) is 0.882. The maximum absolute atomic E-state index is 13.1. The van der Waals surface area contributed by atoms with E-state index in [9.17, 15) is 9.18 Å². The summed E-state index contributed by atoms with van der Waals surface area (Å²) in [5.41, 5.74) is 0.943. The lowest BCUT2D eigenvalue weighted by atomic mass is 10.0. The van der Waals surface area contributed by atoms with Crippen molar-refractivity contribution in [3.05, 3.63) is 35.6 Å². The molecule has 1 fully saturated rings. The van der Waals surface area contributed by atoms with E-state index in [0.717, 1.165) is 31.5 Å².